The van der Waals surface area contributed by atoms with Crippen molar-refractivity contribution in [1.29, 1.82) is 0 Å². The zero-order valence-electron chi connectivity index (χ0n) is 9.29. The summed E-state index contributed by atoms with van der Waals surface area (Å²) in [6.45, 7) is 1.30. The number of benzene rings is 1. The molecule has 0 atom stereocenters. The quantitative estimate of drug-likeness (QED) is 0.932. The first-order valence-electron chi connectivity index (χ1n) is 5.47. The number of hydrogen-bond acceptors (Lipinski definition) is 3. The molecule has 0 bridgehead atoms. The molecule has 0 amide bonds. The number of rotatable bonds is 3. The Balaban J connectivity index is 1.94. The maximum Gasteiger partial charge on any atom is 0.137 e. The Hall–Kier alpha value is -0.650. The Labute approximate surface area is 108 Å². The van der Waals surface area contributed by atoms with Crippen molar-refractivity contribution in [2.24, 2.45) is 0 Å². The van der Waals surface area contributed by atoms with E-state index in [9.17, 15) is 9.50 Å². The SMILES string of the molecule is OC1(COc2ccc(F)c(Br)c2)CCOCC1. The van der Waals surface area contributed by atoms with Crippen LogP contribution in [0.4, 0.5) is 4.39 Å². The lowest BCUT2D eigenvalue weighted by atomic mass is 9.96. The van der Waals surface area contributed by atoms with E-state index in [1.807, 2.05) is 0 Å². The molecule has 1 aromatic carbocycles. The summed E-state index contributed by atoms with van der Waals surface area (Å²) in [7, 11) is 0. The fourth-order valence-corrected chi connectivity index (χ4v) is 2.04. The van der Waals surface area contributed by atoms with Crippen LogP contribution >= 0.6 is 15.9 Å². The maximum atomic E-state index is 13.0. The summed E-state index contributed by atoms with van der Waals surface area (Å²) in [6, 6.07) is 4.42. The normalized spacial score (nSPS) is 19.0. The van der Waals surface area contributed by atoms with Crippen LogP contribution in [0.1, 0.15) is 12.8 Å². The molecule has 1 heterocycles. The second-order valence-corrected chi connectivity index (χ2v) is 5.06. The van der Waals surface area contributed by atoms with Gasteiger partial charge in [0, 0.05) is 26.1 Å². The lowest BCUT2D eigenvalue weighted by Gasteiger charge is -2.31. The first kappa shape index (κ1) is 12.8. The Morgan fingerprint density at radius 3 is 2.76 bits per heavy atom. The molecule has 1 aliphatic rings. The largest absolute Gasteiger partial charge is 0.491 e. The molecule has 94 valence electrons. The van der Waals surface area contributed by atoms with Crippen LogP contribution in [0.5, 0.6) is 5.75 Å². The number of ether oxygens (including phenoxy) is 2. The monoisotopic (exact) mass is 304 g/mol. The van der Waals surface area contributed by atoms with Crippen LogP contribution in [0.3, 0.4) is 0 Å². The van der Waals surface area contributed by atoms with Gasteiger partial charge in [0.15, 0.2) is 0 Å². The summed E-state index contributed by atoms with van der Waals surface area (Å²) >= 11 is 3.09. The second-order valence-electron chi connectivity index (χ2n) is 4.20. The zero-order chi connectivity index (χ0) is 12.3. The third-order valence-electron chi connectivity index (χ3n) is 2.82. The van der Waals surface area contributed by atoms with E-state index in [1.54, 1.807) is 12.1 Å². The van der Waals surface area contributed by atoms with E-state index in [-0.39, 0.29) is 12.4 Å². The topological polar surface area (TPSA) is 38.7 Å². The lowest BCUT2D eigenvalue weighted by Crippen LogP contribution is -2.41. The van der Waals surface area contributed by atoms with E-state index in [0.29, 0.717) is 36.3 Å². The first-order valence-corrected chi connectivity index (χ1v) is 6.26. The van der Waals surface area contributed by atoms with Gasteiger partial charge >= 0.3 is 0 Å². The molecule has 2 rings (SSSR count). The minimum absolute atomic E-state index is 0.203. The zero-order valence-corrected chi connectivity index (χ0v) is 10.9. The fraction of sp³-hybridized carbons (Fsp3) is 0.500. The molecule has 0 radical (unpaired) electrons. The van der Waals surface area contributed by atoms with Gasteiger partial charge in [0.25, 0.3) is 0 Å². The highest BCUT2D eigenvalue weighted by molar-refractivity contribution is 9.10. The van der Waals surface area contributed by atoms with Crippen molar-refractivity contribution in [3.05, 3.63) is 28.5 Å². The Morgan fingerprint density at radius 2 is 2.12 bits per heavy atom. The Bertz CT molecular complexity index is 391. The van der Waals surface area contributed by atoms with Gasteiger partial charge in [0.1, 0.15) is 23.8 Å². The van der Waals surface area contributed by atoms with Gasteiger partial charge in [0.2, 0.25) is 0 Å². The van der Waals surface area contributed by atoms with Crippen molar-refractivity contribution in [3.8, 4) is 5.75 Å². The van der Waals surface area contributed by atoms with Gasteiger partial charge < -0.3 is 14.6 Å². The van der Waals surface area contributed by atoms with Crippen LogP contribution in [-0.4, -0.2) is 30.5 Å². The molecular weight excluding hydrogens is 291 g/mol. The highest BCUT2D eigenvalue weighted by atomic mass is 79.9. The molecule has 3 nitrogen and oxygen atoms in total. The van der Waals surface area contributed by atoms with E-state index in [4.69, 9.17) is 9.47 Å². The van der Waals surface area contributed by atoms with E-state index in [2.05, 4.69) is 15.9 Å². The van der Waals surface area contributed by atoms with Crippen molar-refractivity contribution in [1.82, 2.24) is 0 Å². The average molecular weight is 305 g/mol. The van der Waals surface area contributed by atoms with Crippen molar-refractivity contribution in [2.45, 2.75) is 18.4 Å². The van der Waals surface area contributed by atoms with Crippen LogP contribution in [-0.2, 0) is 4.74 Å². The maximum absolute atomic E-state index is 13.0. The molecule has 1 aliphatic heterocycles. The minimum Gasteiger partial charge on any atom is -0.491 e. The van der Waals surface area contributed by atoms with Gasteiger partial charge in [-0.05, 0) is 34.1 Å². The van der Waals surface area contributed by atoms with Crippen LogP contribution in [0.25, 0.3) is 0 Å². The number of aliphatic hydroxyl groups is 1. The highest BCUT2D eigenvalue weighted by Crippen LogP contribution is 2.25. The Kier molecular flexibility index (Phi) is 4.01. The minimum atomic E-state index is -0.834. The lowest BCUT2D eigenvalue weighted by molar-refractivity contribution is -0.0855. The number of hydrogen-bond donors (Lipinski definition) is 1. The van der Waals surface area contributed by atoms with Gasteiger partial charge in [0.05, 0.1) is 4.47 Å². The van der Waals surface area contributed by atoms with Gasteiger partial charge in [-0.15, -0.1) is 0 Å². The van der Waals surface area contributed by atoms with Crippen LogP contribution < -0.4 is 4.74 Å². The summed E-state index contributed by atoms with van der Waals surface area (Å²) in [5, 5.41) is 10.2. The third kappa shape index (κ3) is 3.40. The number of halogens is 2. The molecule has 5 heteroatoms. The van der Waals surface area contributed by atoms with Crippen molar-refractivity contribution in [3.63, 3.8) is 0 Å². The predicted molar refractivity (Wildman–Crippen MR) is 64.6 cm³/mol. The van der Waals surface area contributed by atoms with Gasteiger partial charge in [-0.1, -0.05) is 0 Å². The summed E-state index contributed by atoms with van der Waals surface area (Å²) in [4.78, 5) is 0. The van der Waals surface area contributed by atoms with Crippen molar-refractivity contribution >= 4 is 15.9 Å². The molecule has 17 heavy (non-hydrogen) atoms. The molecule has 0 aromatic heterocycles. The molecule has 1 saturated heterocycles. The van der Waals surface area contributed by atoms with Gasteiger partial charge in [-0.25, -0.2) is 4.39 Å². The van der Waals surface area contributed by atoms with Crippen LogP contribution in [0.15, 0.2) is 22.7 Å². The van der Waals surface area contributed by atoms with E-state index >= 15 is 0 Å². The van der Waals surface area contributed by atoms with Crippen molar-refractivity contribution in [2.75, 3.05) is 19.8 Å². The highest BCUT2D eigenvalue weighted by Gasteiger charge is 2.30. The van der Waals surface area contributed by atoms with Gasteiger partial charge in [-0.2, -0.15) is 0 Å². The van der Waals surface area contributed by atoms with Crippen LogP contribution in [0.2, 0.25) is 0 Å². The smallest absolute Gasteiger partial charge is 0.137 e. The molecule has 0 aliphatic carbocycles. The van der Waals surface area contributed by atoms with Crippen molar-refractivity contribution < 1.29 is 19.0 Å². The summed E-state index contributed by atoms with van der Waals surface area (Å²) < 4.78 is 24.0. The molecule has 1 aromatic rings. The van der Waals surface area contributed by atoms with E-state index in [1.165, 1.54) is 6.07 Å². The van der Waals surface area contributed by atoms with Gasteiger partial charge in [-0.3, -0.25) is 0 Å². The molecule has 0 unspecified atom stereocenters. The van der Waals surface area contributed by atoms with Crippen LogP contribution in [0, 0.1) is 5.82 Å². The average Bonchev–Trinajstić information content (AvgIpc) is 2.32. The molecule has 0 saturated carbocycles. The van der Waals surface area contributed by atoms with E-state index in [0.717, 1.165) is 0 Å². The summed E-state index contributed by atoms with van der Waals surface area (Å²) in [6.07, 6.45) is 1.13. The molecule has 0 spiro atoms. The summed E-state index contributed by atoms with van der Waals surface area (Å²) in [5.74, 6) is 0.209. The predicted octanol–water partition coefficient (Wildman–Crippen LogP) is 2.51. The molecule has 1 N–H and O–H groups in total. The Morgan fingerprint density at radius 1 is 1.41 bits per heavy atom. The summed E-state index contributed by atoms with van der Waals surface area (Å²) in [5.41, 5.74) is -0.834. The second kappa shape index (κ2) is 5.33. The molecular formula is C12H14BrFO3. The third-order valence-corrected chi connectivity index (χ3v) is 3.43. The standard InChI is InChI=1S/C12H14BrFO3/c13-10-7-9(1-2-11(10)14)17-8-12(15)3-5-16-6-4-12/h1-2,7,15H,3-6,8H2. The van der Waals surface area contributed by atoms with E-state index < -0.39 is 5.60 Å². The molecule has 1 fully saturated rings. The first-order chi connectivity index (χ1) is 8.09. The fourth-order valence-electron chi connectivity index (χ4n) is 1.68.